The molecule has 0 aromatic carbocycles. The summed E-state index contributed by atoms with van der Waals surface area (Å²) >= 11 is 0. The third-order valence-electron chi connectivity index (χ3n) is 4.54. The number of ether oxygens (including phenoxy) is 1. The number of nitrogens with one attached hydrogen (secondary N) is 1. The van der Waals surface area contributed by atoms with Gasteiger partial charge in [0.1, 0.15) is 0 Å². The van der Waals surface area contributed by atoms with Crippen molar-refractivity contribution in [1.82, 2.24) is 5.32 Å². The van der Waals surface area contributed by atoms with Crippen LogP contribution in [0.25, 0.3) is 0 Å². The maximum Gasteiger partial charge on any atom is 0.0806 e. The smallest absolute Gasteiger partial charge is 0.0806 e. The molecule has 20 heavy (non-hydrogen) atoms. The molecule has 0 aromatic heterocycles. The van der Waals surface area contributed by atoms with Crippen molar-refractivity contribution in [3.05, 3.63) is 0 Å². The molecule has 1 N–H and O–H groups in total. The van der Waals surface area contributed by atoms with Gasteiger partial charge >= 0.3 is 0 Å². The van der Waals surface area contributed by atoms with Crippen LogP contribution in [-0.4, -0.2) is 25.3 Å². The van der Waals surface area contributed by atoms with Crippen molar-refractivity contribution >= 4 is 0 Å². The lowest BCUT2D eigenvalue weighted by molar-refractivity contribution is -0.0695. The quantitative estimate of drug-likeness (QED) is 0.505. The molecule has 1 rings (SSSR count). The first-order valence-corrected chi connectivity index (χ1v) is 9.17. The molecule has 0 aromatic rings. The van der Waals surface area contributed by atoms with Gasteiger partial charge in [0.25, 0.3) is 0 Å². The van der Waals surface area contributed by atoms with Crippen molar-refractivity contribution in [3.63, 3.8) is 0 Å². The van der Waals surface area contributed by atoms with E-state index in [1.807, 2.05) is 0 Å². The molecule has 1 saturated carbocycles. The summed E-state index contributed by atoms with van der Waals surface area (Å²) in [5, 5.41) is 3.59. The van der Waals surface area contributed by atoms with Crippen molar-refractivity contribution < 1.29 is 4.74 Å². The summed E-state index contributed by atoms with van der Waals surface area (Å²) in [5.41, 5.74) is 0.164. The molecule has 2 heteroatoms. The van der Waals surface area contributed by atoms with E-state index in [1.165, 1.54) is 77.0 Å². The fourth-order valence-electron chi connectivity index (χ4n) is 3.23. The zero-order valence-electron chi connectivity index (χ0n) is 14.0. The van der Waals surface area contributed by atoms with Crippen molar-refractivity contribution in [1.29, 1.82) is 0 Å². The van der Waals surface area contributed by atoms with E-state index >= 15 is 0 Å². The summed E-state index contributed by atoms with van der Waals surface area (Å²) in [4.78, 5) is 0. The predicted octanol–water partition coefficient (Wildman–Crippen LogP) is 5.07. The summed E-state index contributed by atoms with van der Waals surface area (Å²) in [5.74, 6) is 0. The van der Waals surface area contributed by atoms with Gasteiger partial charge in [-0.1, -0.05) is 65.2 Å². The fraction of sp³-hybridized carbons (Fsp3) is 1.00. The summed E-state index contributed by atoms with van der Waals surface area (Å²) in [6, 6.07) is 0. The van der Waals surface area contributed by atoms with Crippen LogP contribution < -0.4 is 5.32 Å². The Kier molecular flexibility index (Phi) is 10.4. The van der Waals surface area contributed by atoms with Gasteiger partial charge in [-0.2, -0.15) is 0 Å². The maximum absolute atomic E-state index is 6.36. The van der Waals surface area contributed by atoms with Crippen LogP contribution >= 0.6 is 0 Å². The lowest BCUT2D eigenvalue weighted by atomic mass is 9.84. The average Bonchev–Trinajstić information content (AvgIpc) is 2.48. The van der Waals surface area contributed by atoms with Gasteiger partial charge in [-0.25, -0.2) is 0 Å². The second-order valence-corrected chi connectivity index (χ2v) is 6.54. The van der Waals surface area contributed by atoms with E-state index in [-0.39, 0.29) is 5.60 Å². The van der Waals surface area contributed by atoms with Gasteiger partial charge in [0.15, 0.2) is 0 Å². The number of hydrogen-bond donors (Lipinski definition) is 1. The first-order valence-electron chi connectivity index (χ1n) is 9.17. The van der Waals surface area contributed by atoms with E-state index in [0.29, 0.717) is 0 Å². The Balaban J connectivity index is 2.16. The minimum Gasteiger partial charge on any atom is -0.374 e. The lowest BCUT2D eigenvalue weighted by Gasteiger charge is -2.37. The highest BCUT2D eigenvalue weighted by atomic mass is 16.5. The Labute approximate surface area is 127 Å². The highest BCUT2D eigenvalue weighted by Crippen LogP contribution is 2.31. The molecule has 1 fully saturated rings. The Hall–Kier alpha value is -0.0800. The molecule has 120 valence electrons. The Bertz CT molecular complexity index is 211. The summed E-state index contributed by atoms with van der Waals surface area (Å²) < 4.78 is 6.36. The highest BCUT2D eigenvalue weighted by Gasteiger charge is 2.32. The zero-order chi connectivity index (χ0) is 14.5. The van der Waals surface area contributed by atoms with Gasteiger partial charge in [-0.05, 0) is 32.2 Å². The van der Waals surface area contributed by atoms with E-state index in [0.717, 1.165) is 19.7 Å². The standard InChI is InChI=1S/C18H37NO/c1-3-5-6-7-8-12-16-20-18(17-19-15-4-2)13-10-9-11-14-18/h19H,3-17H2,1-2H3. The Morgan fingerprint density at radius 2 is 1.55 bits per heavy atom. The monoisotopic (exact) mass is 283 g/mol. The van der Waals surface area contributed by atoms with E-state index in [1.54, 1.807) is 0 Å². The van der Waals surface area contributed by atoms with Gasteiger partial charge < -0.3 is 10.1 Å². The normalized spacial score (nSPS) is 18.3. The van der Waals surface area contributed by atoms with E-state index in [4.69, 9.17) is 4.74 Å². The Morgan fingerprint density at radius 3 is 2.25 bits per heavy atom. The fourth-order valence-corrected chi connectivity index (χ4v) is 3.23. The molecule has 0 radical (unpaired) electrons. The van der Waals surface area contributed by atoms with E-state index in [9.17, 15) is 0 Å². The summed E-state index contributed by atoms with van der Waals surface area (Å²) in [6.45, 7) is 7.68. The SMILES string of the molecule is CCCCCCCCOC1(CNCCC)CCCCC1. The first kappa shape index (κ1) is 18.0. The van der Waals surface area contributed by atoms with Crippen LogP contribution in [0.3, 0.4) is 0 Å². The molecular formula is C18H37NO. The summed E-state index contributed by atoms with van der Waals surface area (Å²) in [7, 11) is 0. The molecule has 1 aliphatic carbocycles. The van der Waals surface area contributed by atoms with Crippen LogP contribution in [0, 0.1) is 0 Å². The Morgan fingerprint density at radius 1 is 0.850 bits per heavy atom. The van der Waals surface area contributed by atoms with Gasteiger partial charge in [0, 0.05) is 13.2 Å². The molecule has 0 atom stereocenters. The number of hydrogen-bond acceptors (Lipinski definition) is 2. The van der Waals surface area contributed by atoms with Gasteiger partial charge in [-0.15, -0.1) is 0 Å². The largest absolute Gasteiger partial charge is 0.374 e. The van der Waals surface area contributed by atoms with Crippen molar-refractivity contribution in [2.75, 3.05) is 19.7 Å². The van der Waals surface area contributed by atoms with Crippen molar-refractivity contribution in [2.24, 2.45) is 0 Å². The molecule has 0 heterocycles. The minimum atomic E-state index is 0.164. The topological polar surface area (TPSA) is 21.3 Å². The zero-order valence-corrected chi connectivity index (χ0v) is 14.0. The second-order valence-electron chi connectivity index (χ2n) is 6.54. The molecule has 0 saturated heterocycles. The highest BCUT2D eigenvalue weighted by molar-refractivity contribution is 4.86. The molecule has 1 aliphatic rings. The van der Waals surface area contributed by atoms with Crippen LogP contribution in [0.4, 0.5) is 0 Å². The number of unbranched alkanes of at least 4 members (excludes halogenated alkanes) is 5. The van der Waals surface area contributed by atoms with Gasteiger partial charge in [0.2, 0.25) is 0 Å². The predicted molar refractivity (Wildman–Crippen MR) is 88.3 cm³/mol. The van der Waals surface area contributed by atoms with Crippen molar-refractivity contribution in [3.8, 4) is 0 Å². The van der Waals surface area contributed by atoms with E-state index in [2.05, 4.69) is 19.2 Å². The maximum atomic E-state index is 6.36. The second kappa shape index (κ2) is 11.6. The summed E-state index contributed by atoms with van der Waals surface area (Å²) in [6.07, 6.45) is 16.0. The van der Waals surface area contributed by atoms with Crippen LogP contribution in [0.1, 0.15) is 90.9 Å². The molecule has 0 spiro atoms. The van der Waals surface area contributed by atoms with E-state index < -0.39 is 0 Å². The van der Waals surface area contributed by atoms with Crippen molar-refractivity contribution in [2.45, 2.75) is 96.5 Å². The number of rotatable bonds is 12. The third kappa shape index (κ3) is 7.64. The molecule has 0 unspecified atom stereocenters. The van der Waals surface area contributed by atoms with Crippen LogP contribution in [-0.2, 0) is 4.74 Å². The lowest BCUT2D eigenvalue weighted by Crippen LogP contribution is -2.45. The molecular weight excluding hydrogens is 246 g/mol. The van der Waals surface area contributed by atoms with Crippen LogP contribution in [0.15, 0.2) is 0 Å². The van der Waals surface area contributed by atoms with Crippen LogP contribution in [0.5, 0.6) is 0 Å². The van der Waals surface area contributed by atoms with Crippen LogP contribution in [0.2, 0.25) is 0 Å². The minimum absolute atomic E-state index is 0.164. The molecule has 0 amide bonds. The average molecular weight is 284 g/mol. The van der Waals surface area contributed by atoms with Gasteiger partial charge in [-0.3, -0.25) is 0 Å². The first-order chi connectivity index (χ1) is 9.83. The molecule has 0 aliphatic heterocycles. The molecule has 2 nitrogen and oxygen atoms in total. The molecule has 0 bridgehead atoms. The van der Waals surface area contributed by atoms with Gasteiger partial charge in [0.05, 0.1) is 5.60 Å². The third-order valence-corrected chi connectivity index (χ3v) is 4.54.